The average Bonchev–Trinajstić information content (AvgIpc) is 2.30. The van der Waals surface area contributed by atoms with Gasteiger partial charge in [-0.2, -0.15) is 0 Å². The van der Waals surface area contributed by atoms with Crippen LogP contribution in [0.4, 0.5) is 5.69 Å². The third-order valence-electron chi connectivity index (χ3n) is 2.77. The molecule has 0 aliphatic heterocycles. The fourth-order valence-corrected chi connectivity index (χ4v) is 1.99. The maximum atomic E-state index is 4.36. The molecule has 1 aromatic heterocycles. The first-order chi connectivity index (χ1) is 7.81. The molecule has 0 aliphatic rings. The minimum atomic E-state index is 0.510. The van der Waals surface area contributed by atoms with Gasteiger partial charge in [0.15, 0.2) is 0 Å². The summed E-state index contributed by atoms with van der Waals surface area (Å²) < 4.78 is 0. The van der Waals surface area contributed by atoms with E-state index in [2.05, 4.69) is 42.3 Å². The van der Waals surface area contributed by atoms with Crippen LogP contribution in [-0.2, 0) is 0 Å². The second-order valence-electron chi connectivity index (χ2n) is 4.21. The Bertz CT molecular complexity index is 460. The molecule has 0 bridgehead atoms. The molecule has 84 valence electrons. The van der Waals surface area contributed by atoms with Crippen molar-refractivity contribution in [2.45, 2.75) is 32.7 Å². The summed E-state index contributed by atoms with van der Waals surface area (Å²) in [5, 5.41) is 4.75. The van der Waals surface area contributed by atoms with Crippen molar-refractivity contribution in [1.29, 1.82) is 0 Å². The van der Waals surface area contributed by atoms with E-state index in [-0.39, 0.29) is 0 Å². The van der Waals surface area contributed by atoms with Crippen LogP contribution in [0.1, 0.15) is 26.7 Å². The Morgan fingerprint density at radius 1 is 1.25 bits per heavy atom. The number of fused-ring (bicyclic) bond motifs is 1. The molecule has 2 nitrogen and oxygen atoms in total. The Labute approximate surface area is 96.7 Å². The molecule has 0 amide bonds. The van der Waals surface area contributed by atoms with Crippen molar-refractivity contribution in [3.8, 4) is 0 Å². The Kier molecular flexibility index (Phi) is 3.40. The number of anilines is 1. The van der Waals surface area contributed by atoms with Gasteiger partial charge in [0.1, 0.15) is 0 Å². The zero-order valence-electron chi connectivity index (χ0n) is 9.90. The van der Waals surface area contributed by atoms with Crippen molar-refractivity contribution in [2.75, 3.05) is 5.32 Å². The Balaban J connectivity index is 2.30. The monoisotopic (exact) mass is 214 g/mol. The Morgan fingerprint density at radius 2 is 2.06 bits per heavy atom. The van der Waals surface area contributed by atoms with Gasteiger partial charge in [0, 0.05) is 23.3 Å². The van der Waals surface area contributed by atoms with Crippen LogP contribution in [0.5, 0.6) is 0 Å². The maximum absolute atomic E-state index is 4.36. The van der Waals surface area contributed by atoms with Crippen LogP contribution >= 0.6 is 0 Å². The molecule has 2 rings (SSSR count). The third-order valence-corrected chi connectivity index (χ3v) is 2.77. The van der Waals surface area contributed by atoms with Crippen molar-refractivity contribution in [2.24, 2.45) is 0 Å². The molecule has 0 spiro atoms. The number of nitrogens with zero attached hydrogens (tertiary/aromatic N) is 1. The molecule has 0 radical (unpaired) electrons. The smallest absolute Gasteiger partial charge is 0.0722 e. The predicted octanol–water partition coefficient (Wildman–Crippen LogP) is 3.84. The lowest BCUT2D eigenvalue weighted by atomic mass is 10.1. The fraction of sp³-hybridized carbons (Fsp3) is 0.357. The lowest BCUT2D eigenvalue weighted by Gasteiger charge is -2.15. The molecule has 16 heavy (non-hydrogen) atoms. The number of rotatable bonds is 4. The van der Waals surface area contributed by atoms with Crippen LogP contribution in [0.2, 0.25) is 0 Å². The van der Waals surface area contributed by atoms with Gasteiger partial charge in [-0.05, 0) is 25.5 Å². The molecular weight excluding hydrogens is 196 g/mol. The van der Waals surface area contributed by atoms with Crippen LogP contribution in [0.3, 0.4) is 0 Å². The molecular formula is C14H18N2. The van der Waals surface area contributed by atoms with Gasteiger partial charge in [0.05, 0.1) is 5.52 Å². The van der Waals surface area contributed by atoms with Gasteiger partial charge in [0.25, 0.3) is 0 Å². The molecule has 0 saturated heterocycles. The first-order valence-electron chi connectivity index (χ1n) is 5.91. The van der Waals surface area contributed by atoms with Gasteiger partial charge in [0.2, 0.25) is 0 Å². The van der Waals surface area contributed by atoms with Crippen LogP contribution < -0.4 is 5.32 Å². The predicted molar refractivity (Wildman–Crippen MR) is 69.7 cm³/mol. The number of benzene rings is 1. The molecule has 2 heteroatoms. The highest BCUT2D eigenvalue weighted by molar-refractivity contribution is 5.90. The summed E-state index contributed by atoms with van der Waals surface area (Å²) in [5.41, 5.74) is 2.24. The van der Waals surface area contributed by atoms with E-state index in [1.807, 2.05) is 18.3 Å². The zero-order valence-corrected chi connectivity index (χ0v) is 9.90. The van der Waals surface area contributed by atoms with E-state index in [9.17, 15) is 0 Å². The number of hydrogen-bond acceptors (Lipinski definition) is 2. The summed E-state index contributed by atoms with van der Waals surface area (Å²) in [6.07, 6.45) is 4.26. The first-order valence-corrected chi connectivity index (χ1v) is 5.91. The second-order valence-corrected chi connectivity index (χ2v) is 4.21. The van der Waals surface area contributed by atoms with Crippen molar-refractivity contribution in [3.63, 3.8) is 0 Å². The van der Waals surface area contributed by atoms with Gasteiger partial charge < -0.3 is 5.32 Å². The van der Waals surface area contributed by atoms with Gasteiger partial charge in [-0.1, -0.05) is 31.5 Å². The largest absolute Gasteiger partial charge is 0.382 e. The topological polar surface area (TPSA) is 24.9 Å². The van der Waals surface area contributed by atoms with E-state index in [0.29, 0.717) is 6.04 Å². The Morgan fingerprint density at radius 3 is 2.88 bits per heavy atom. The normalized spacial score (nSPS) is 12.6. The van der Waals surface area contributed by atoms with E-state index < -0.39 is 0 Å². The van der Waals surface area contributed by atoms with Crippen LogP contribution in [0, 0.1) is 0 Å². The van der Waals surface area contributed by atoms with Crippen LogP contribution in [-0.4, -0.2) is 11.0 Å². The van der Waals surface area contributed by atoms with E-state index in [1.54, 1.807) is 0 Å². The number of para-hydroxylation sites is 1. The highest BCUT2D eigenvalue weighted by Gasteiger charge is 2.04. The molecule has 1 aromatic carbocycles. The minimum absolute atomic E-state index is 0.510. The highest BCUT2D eigenvalue weighted by Crippen LogP contribution is 2.22. The SMILES string of the molecule is CCCC(C)Nc1ccnc2ccccc12. The molecule has 1 atom stereocenters. The van der Waals surface area contributed by atoms with Crippen molar-refractivity contribution >= 4 is 16.6 Å². The highest BCUT2D eigenvalue weighted by atomic mass is 14.9. The standard InChI is InChI=1S/C14H18N2/c1-3-6-11(2)16-14-9-10-15-13-8-5-4-7-12(13)14/h4-5,7-11H,3,6H2,1-2H3,(H,15,16). The summed E-state index contributed by atoms with van der Waals surface area (Å²) in [6, 6.07) is 10.8. The second kappa shape index (κ2) is 4.97. The van der Waals surface area contributed by atoms with E-state index >= 15 is 0 Å². The van der Waals surface area contributed by atoms with Crippen LogP contribution in [0.15, 0.2) is 36.5 Å². The Hall–Kier alpha value is -1.57. The van der Waals surface area contributed by atoms with Crippen molar-refractivity contribution < 1.29 is 0 Å². The summed E-state index contributed by atoms with van der Waals surface area (Å²) >= 11 is 0. The molecule has 0 aliphatic carbocycles. The quantitative estimate of drug-likeness (QED) is 0.836. The summed E-state index contributed by atoms with van der Waals surface area (Å²) in [5.74, 6) is 0. The molecule has 0 saturated carbocycles. The number of pyridine rings is 1. The molecule has 1 unspecified atom stereocenters. The number of nitrogens with one attached hydrogen (secondary N) is 1. The zero-order chi connectivity index (χ0) is 11.4. The molecule has 2 aromatic rings. The van der Waals surface area contributed by atoms with Crippen molar-refractivity contribution in [1.82, 2.24) is 4.98 Å². The third kappa shape index (κ3) is 2.32. The van der Waals surface area contributed by atoms with Gasteiger partial charge in [-0.15, -0.1) is 0 Å². The van der Waals surface area contributed by atoms with E-state index in [1.165, 1.54) is 23.9 Å². The molecule has 0 fully saturated rings. The lowest BCUT2D eigenvalue weighted by molar-refractivity contribution is 0.691. The van der Waals surface area contributed by atoms with Gasteiger partial charge >= 0.3 is 0 Å². The summed E-state index contributed by atoms with van der Waals surface area (Å²) in [6.45, 7) is 4.43. The minimum Gasteiger partial charge on any atom is -0.382 e. The van der Waals surface area contributed by atoms with Crippen molar-refractivity contribution in [3.05, 3.63) is 36.5 Å². The number of aromatic nitrogens is 1. The first kappa shape index (κ1) is 10.9. The van der Waals surface area contributed by atoms with Gasteiger partial charge in [-0.25, -0.2) is 0 Å². The van der Waals surface area contributed by atoms with E-state index in [0.717, 1.165) is 5.52 Å². The average molecular weight is 214 g/mol. The van der Waals surface area contributed by atoms with Crippen LogP contribution in [0.25, 0.3) is 10.9 Å². The number of hydrogen-bond donors (Lipinski definition) is 1. The maximum Gasteiger partial charge on any atom is 0.0722 e. The van der Waals surface area contributed by atoms with Gasteiger partial charge in [-0.3, -0.25) is 4.98 Å². The fourth-order valence-electron chi connectivity index (χ4n) is 1.99. The summed E-state index contributed by atoms with van der Waals surface area (Å²) in [4.78, 5) is 4.36. The summed E-state index contributed by atoms with van der Waals surface area (Å²) in [7, 11) is 0. The molecule has 1 N–H and O–H groups in total. The molecule has 1 heterocycles. The lowest BCUT2D eigenvalue weighted by Crippen LogP contribution is -2.14. The van der Waals surface area contributed by atoms with E-state index in [4.69, 9.17) is 0 Å².